The Labute approximate surface area is 109 Å². The fourth-order valence-electron chi connectivity index (χ4n) is 2.91. The second-order valence-corrected chi connectivity index (χ2v) is 6.11. The Morgan fingerprint density at radius 3 is 2.61 bits per heavy atom. The van der Waals surface area contributed by atoms with Gasteiger partial charge in [0.1, 0.15) is 0 Å². The molecular formula is C16H22O2. The van der Waals surface area contributed by atoms with Gasteiger partial charge < -0.3 is 4.74 Å². The molecule has 0 aromatic heterocycles. The van der Waals surface area contributed by atoms with Crippen molar-refractivity contribution in [1.29, 1.82) is 0 Å². The smallest absolute Gasteiger partial charge is 0.312 e. The molecule has 0 bridgehead atoms. The van der Waals surface area contributed by atoms with Crippen molar-refractivity contribution in [3.63, 3.8) is 0 Å². The van der Waals surface area contributed by atoms with Crippen molar-refractivity contribution in [2.45, 2.75) is 40.0 Å². The van der Waals surface area contributed by atoms with Crippen LogP contribution >= 0.6 is 0 Å². The molecule has 0 aliphatic heterocycles. The van der Waals surface area contributed by atoms with Crippen molar-refractivity contribution in [2.75, 3.05) is 7.11 Å². The third-order valence-corrected chi connectivity index (χ3v) is 3.75. The van der Waals surface area contributed by atoms with Gasteiger partial charge in [0.2, 0.25) is 0 Å². The van der Waals surface area contributed by atoms with E-state index in [1.54, 1.807) is 0 Å². The Balaban J connectivity index is 2.22. The third kappa shape index (κ3) is 2.43. The summed E-state index contributed by atoms with van der Waals surface area (Å²) < 4.78 is 4.92. The second-order valence-electron chi connectivity index (χ2n) is 6.11. The number of benzene rings is 1. The number of carbonyl (C=O) groups is 1. The number of ether oxygens (including phenoxy) is 1. The molecule has 1 aliphatic rings. The average molecular weight is 246 g/mol. The highest BCUT2D eigenvalue weighted by Crippen LogP contribution is 2.38. The topological polar surface area (TPSA) is 26.3 Å². The lowest BCUT2D eigenvalue weighted by Crippen LogP contribution is -2.29. The normalized spacial score (nSPS) is 22.1. The minimum atomic E-state index is -0.368. The molecule has 2 rings (SSSR count). The molecule has 0 heterocycles. The van der Waals surface area contributed by atoms with E-state index in [9.17, 15) is 4.79 Å². The lowest BCUT2D eigenvalue weighted by molar-refractivity contribution is -0.151. The summed E-state index contributed by atoms with van der Waals surface area (Å²) in [4.78, 5) is 11.8. The van der Waals surface area contributed by atoms with Gasteiger partial charge in [-0.25, -0.2) is 0 Å². The molecule has 1 atom stereocenters. The zero-order valence-electron chi connectivity index (χ0n) is 11.7. The quantitative estimate of drug-likeness (QED) is 0.766. The van der Waals surface area contributed by atoms with Gasteiger partial charge in [0.15, 0.2) is 0 Å². The summed E-state index contributed by atoms with van der Waals surface area (Å²) in [7, 11) is 1.47. The van der Waals surface area contributed by atoms with Crippen LogP contribution in [0.5, 0.6) is 0 Å². The molecule has 0 radical (unpaired) electrons. The van der Waals surface area contributed by atoms with Gasteiger partial charge in [-0.05, 0) is 48.8 Å². The largest absolute Gasteiger partial charge is 0.469 e. The predicted octanol–water partition coefficient (Wildman–Crippen LogP) is 3.16. The number of carbonyl (C=O) groups excluding carboxylic acids is 1. The first-order valence-corrected chi connectivity index (χ1v) is 6.64. The van der Waals surface area contributed by atoms with Crippen molar-refractivity contribution in [3.05, 3.63) is 34.9 Å². The van der Waals surface area contributed by atoms with Crippen LogP contribution in [-0.4, -0.2) is 13.1 Å². The summed E-state index contributed by atoms with van der Waals surface area (Å²) in [5.41, 5.74) is 3.63. The highest BCUT2D eigenvalue weighted by Gasteiger charge is 2.40. The van der Waals surface area contributed by atoms with Gasteiger partial charge in [0.05, 0.1) is 12.5 Å². The van der Waals surface area contributed by atoms with Crippen LogP contribution in [0.3, 0.4) is 0 Å². The van der Waals surface area contributed by atoms with Crippen molar-refractivity contribution in [1.82, 2.24) is 0 Å². The molecular weight excluding hydrogens is 224 g/mol. The number of hydrogen-bond acceptors (Lipinski definition) is 2. The van der Waals surface area contributed by atoms with E-state index in [4.69, 9.17) is 4.74 Å². The Hall–Kier alpha value is -1.31. The van der Waals surface area contributed by atoms with E-state index in [1.165, 1.54) is 23.8 Å². The highest BCUT2D eigenvalue weighted by atomic mass is 16.5. The molecule has 1 unspecified atom stereocenters. The van der Waals surface area contributed by atoms with E-state index in [-0.39, 0.29) is 11.4 Å². The molecule has 0 spiro atoms. The van der Waals surface area contributed by atoms with Crippen LogP contribution in [0.4, 0.5) is 0 Å². The van der Waals surface area contributed by atoms with Gasteiger partial charge in [-0.15, -0.1) is 0 Å². The maximum atomic E-state index is 11.8. The molecule has 0 saturated carbocycles. The first-order valence-electron chi connectivity index (χ1n) is 6.64. The van der Waals surface area contributed by atoms with Crippen molar-refractivity contribution < 1.29 is 9.53 Å². The fourth-order valence-corrected chi connectivity index (χ4v) is 2.91. The Morgan fingerprint density at radius 1 is 1.33 bits per heavy atom. The third-order valence-electron chi connectivity index (χ3n) is 3.75. The highest BCUT2D eigenvalue weighted by molar-refractivity contribution is 5.78. The molecule has 98 valence electrons. The summed E-state index contributed by atoms with van der Waals surface area (Å²) in [6.45, 7) is 6.46. The first kappa shape index (κ1) is 13.1. The summed E-state index contributed by atoms with van der Waals surface area (Å²) in [6.07, 6.45) is 2.71. The lowest BCUT2D eigenvalue weighted by atomic mass is 9.87. The summed E-state index contributed by atoms with van der Waals surface area (Å²) in [5, 5.41) is 0. The summed E-state index contributed by atoms with van der Waals surface area (Å²) in [6, 6.07) is 6.65. The van der Waals surface area contributed by atoms with Crippen LogP contribution in [0.15, 0.2) is 18.2 Å². The number of hydrogen-bond donors (Lipinski definition) is 0. The number of esters is 1. The van der Waals surface area contributed by atoms with E-state index in [2.05, 4.69) is 32.0 Å². The minimum Gasteiger partial charge on any atom is -0.469 e. The van der Waals surface area contributed by atoms with Gasteiger partial charge in [-0.3, -0.25) is 4.79 Å². The molecule has 2 nitrogen and oxygen atoms in total. The van der Waals surface area contributed by atoms with E-state index < -0.39 is 0 Å². The van der Waals surface area contributed by atoms with Gasteiger partial charge in [0, 0.05) is 0 Å². The Bertz CT molecular complexity index is 462. The SMILES string of the molecule is COC(=O)C1(C)Cc2ccc(CC(C)C)cc2C1. The van der Waals surface area contributed by atoms with Crippen LogP contribution in [0.25, 0.3) is 0 Å². The second kappa shape index (κ2) is 4.75. The molecule has 0 N–H and O–H groups in total. The van der Waals surface area contributed by atoms with Crippen LogP contribution in [0.1, 0.15) is 37.5 Å². The van der Waals surface area contributed by atoms with Crippen LogP contribution in [0.2, 0.25) is 0 Å². The zero-order valence-corrected chi connectivity index (χ0v) is 11.7. The average Bonchev–Trinajstić information content (AvgIpc) is 2.64. The molecule has 2 heteroatoms. The first-order chi connectivity index (χ1) is 8.44. The molecule has 1 aliphatic carbocycles. The van der Waals surface area contributed by atoms with Gasteiger partial charge in [0.25, 0.3) is 0 Å². The lowest BCUT2D eigenvalue weighted by Gasteiger charge is -2.19. The maximum Gasteiger partial charge on any atom is 0.312 e. The predicted molar refractivity (Wildman–Crippen MR) is 72.5 cm³/mol. The van der Waals surface area contributed by atoms with Crippen molar-refractivity contribution in [3.8, 4) is 0 Å². The van der Waals surface area contributed by atoms with Crippen LogP contribution in [-0.2, 0) is 28.8 Å². The van der Waals surface area contributed by atoms with Gasteiger partial charge in [-0.1, -0.05) is 32.0 Å². The van der Waals surface area contributed by atoms with E-state index in [1.807, 2.05) is 6.92 Å². The fraction of sp³-hybridized carbons (Fsp3) is 0.562. The van der Waals surface area contributed by atoms with E-state index in [0.717, 1.165) is 19.3 Å². The Morgan fingerprint density at radius 2 is 2.00 bits per heavy atom. The molecule has 0 fully saturated rings. The molecule has 0 amide bonds. The Kier molecular flexibility index (Phi) is 3.47. The van der Waals surface area contributed by atoms with Gasteiger partial charge >= 0.3 is 5.97 Å². The maximum absolute atomic E-state index is 11.8. The summed E-state index contributed by atoms with van der Waals surface area (Å²) in [5.74, 6) is 0.570. The number of rotatable bonds is 3. The number of fused-ring (bicyclic) bond motifs is 1. The van der Waals surface area contributed by atoms with E-state index >= 15 is 0 Å². The molecule has 18 heavy (non-hydrogen) atoms. The van der Waals surface area contributed by atoms with Crippen molar-refractivity contribution >= 4 is 5.97 Å². The molecule has 0 saturated heterocycles. The van der Waals surface area contributed by atoms with Crippen LogP contribution in [0, 0.1) is 11.3 Å². The van der Waals surface area contributed by atoms with Crippen molar-refractivity contribution in [2.24, 2.45) is 11.3 Å². The van der Waals surface area contributed by atoms with E-state index in [0.29, 0.717) is 5.92 Å². The zero-order chi connectivity index (χ0) is 13.3. The number of methoxy groups -OCH3 is 1. The molecule has 1 aromatic carbocycles. The summed E-state index contributed by atoms with van der Waals surface area (Å²) >= 11 is 0. The standard InChI is InChI=1S/C16H22O2/c1-11(2)7-12-5-6-13-9-16(3,15(17)18-4)10-14(13)8-12/h5-6,8,11H,7,9-10H2,1-4H3. The van der Waals surface area contributed by atoms with Gasteiger partial charge in [-0.2, -0.15) is 0 Å². The minimum absolute atomic E-state index is 0.0934. The molecule has 1 aromatic rings. The van der Waals surface area contributed by atoms with Crippen LogP contribution < -0.4 is 0 Å². The monoisotopic (exact) mass is 246 g/mol.